The van der Waals surface area contributed by atoms with Crippen molar-refractivity contribution in [3.8, 4) is 0 Å². The van der Waals surface area contributed by atoms with Crippen molar-refractivity contribution in [2.24, 2.45) is 0 Å². The van der Waals surface area contributed by atoms with Gasteiger partial charge in [0.25, 0.3) is 0 Å². The number of unbranched alkanes of at least 4 members (excludes halogenated alkanes) is 4. The normalized spacial score (nSPS) is 12.9. The quantitative estimate of drug-likeness (QED) is 0.659. The number of rotatable bonds is 10. The second-order valence-electron chi connectivity index (χ2n) is 6.14. The summed E-state index contributed by atoms with van der Waals surface area (Å²) in [5.41, 5.74) is 2.77. The maximum absolute atomic E-state index is 9.40. The molecule has 2 aromatic rings. The van der Waals surface area contributed by atoms with Gasteiger partial charge in [0.15, 0.2) is 5.65 Å². The summed E-state index contributed by atoms with van der Waals surface area (Å²) in [6, 6.07) is 2.10. The Bertz CT molecular complexity index is 564. The lowest BCUT2D eigenvalue weighted by molar-refractivity contribution is 0.283. The van der Waals surface area contributed by atoms with Gasteiger partial charge in [0, 0.05) is 23.4 Å². The highest BCUT2D eigenvalue weighted by atomic mass is 16.3. The fourth-order valence-corrected chi connectivity index (χ4v) is 2.98. The predicted molar refractivity (Wildman–Crippen MR) is 89.9 cm³/mol. The van der Waals surface area contributed by atoms with Crippen molar-refractivity contribution in [3.05, 3.63) is 29.7 Å². The minimum atomic E-state index is -0.00389. The molecule has 2 rings (SSSR count). The molecule has 0 unspecified atom stereocenters. The lowest BCUT2D eigenvalue weighted by Gasteiger charge is -2.16. The number of nitrogens with zero attached hydrogens (tertiary/aromatic N) is 3. The lowest BCUT2D eigenvalue weighted by atomic mass is 9.92. The minimum Gasteiger partial charge on any atom is -0.391 e. The third-order valence-corrected chi connectivity index (χ3v) is 4.36. The average Bonchev–Trinajstić information content (AvgIpc) is 2.96. The molecule has 0 saturated carbocycles. The standard InChI is InChI=1S/C18H29N3O/c1-3-5-7-8-10-15(9-6-4-2)17-11-12-21-18(20-17)16(14-22)13-19-21/h11-13,15,22H,3-10,14H2,1-2H3/t15-/m0/s1. The van der Waals surface area contributed by atoms with Crippen LogP contribution < -0.4 is 0 Å². The molecule has 0 saturated heterocycles. The summed E-state index contributed by atoms with van der Waals surface area (Å²) in [5.74, 6) is 0.531. The van der Waals surface area contributed by atoms with E-state index in [-0.39, 0.29) is 6.61 Å². The molecule has 4 heteroatoms. The first-order valence-corrected chi connectivity index (χ1v) is 8.74. The van der Waals surface area contributed by atoms with Gasteiger partial charge in [-0.25, -0.2) is 9.50 Å². The van der Waals surface area contributed by atoms with Crippen LogP contribution >= 0.6 is 0 Å². The van der Waals surface area contributed by atoms with E-state index in [0.717, 1.165) is 16.9 Å². The van der Waals surface area contributed by atoms with Crippen molar-refractivity contribution in [3.63, 3.8) is 0 Å². The summed E-state index contributed by atoms with van der Waals surface area (Å²) in [7, 11) is 0. The number of aliphatic hydroxyl groups excluding tert-OH is 1. The molecule has 1 atom stereocenters. The van der Waals surface area contributed by atoms with Gasteiger partial charge in [0.05, 0.1) is 12.8 Å². The Labute approximate surface area is 133 Å². The average molecular weight is 303 g/mol. The van der Waals surface area contributed by atoms with Crippen LogP contribution in [-0.2, 0) is 6.61 Å². The number of hydrogen-bond acceptors (Lipinski definition) is 3. The predicted octanol–water partition coefficient (Wildman–Crippen LogP) is 4.47. The molecule has 122 valence electrons. The van der Waals surface area contributed by atoms with Crippen molar-refractivity contribution in [1.82, 2.24) is 14.6 Å². The minimum absolute atomic E-state index is 0.00389. The molecule has 0 fully saturated rings. The summed E-state index contributed by atoms with van der Waals surface area (Å²) < 4.78 is 1.75. The second-order valence-corrected chi connectivity index (χ2v) is 6.14. The molecular weight excluding hydrogens is 274 g/mol. The van der Waals surface area contributed by atoms with Gasteiger partial charge in [-0.3, -0.25) is 0 Å². The third kappa shape index (κ3) is 4.29. The second kappa shape index (κ2) is 8.89. The lowest BCUT2D eigenvalue weighted by Crippen LogP contribution is -2.05. The Hall–Kier alpha value is -1.42. The molecule has 4 nitrogen and oxygen atoms in total. The molecule has 0 spiro atoms. The maximum Gasteiger partial charge on any atom is 0.160 e. The van der Waals surface area contributed by atoms with E-state index in [9.17, 15) is 5.11 Å². The van der Waals surface area contributed by atoms with E-state index in [1.165, 1.54) is 51.4 Å². The summed E-state index contributed by atoms with van der Waals surface area (Å²) in [5, 5.41) is 13.6. The van der Waals surface area contributed by atoms with Crippen molar-refractivity contribution in [2.45, 2.75) is 77.7 Å². The van der Waals surface area contributed by atoms with E-state index in [4.69, 9.17) is 4.98 Å². The van der Waals surface area contributed by atoms with Gasteiger partial charge < -0.3 is 5.11 Å². The highest BCUT2D eigenvalue weighted by molar-refractivity contribution is 5.46. The zero-order valence-electron chi connectivity index (χ0n) is 14.0. The monoisotopic (exact) mass is 303 g/mol. The SMILES string of the molecule is CCCCCC[C@H](CCCC)c1ccn2ncc(CO)c2n1. The summed E-state index contributed by atoms with van der Waals surface area (Å²) in [6.07, 6.45) is 13.8. The number of aliphatic hydroxyl groups is 1. The van der Waals surface area contributed by atoms with E-state index in [0.29, 0.717) is 5.92 Å². The zero-order valence-corrected chi connectivity index (χ0v) is 14.0. The first-order chi connectivity index (χ1) is 10.8. The molecule has 0 aliphatic rings. The number of hydrogen-bond donors (Lipinski definition) is 1. The molecule has 0 amide bonds. The van der Waals surface area contributed by atoms with E-state index in [1.54, 1.807) is 10.7 Å². The summed E-state index contributed by atoms with van der Waals surface area (Å²) in [6.45, 7) is 4.49. The number of fused-ring (bicyclic) bond motifs is 1. The molecule has 2 aromatic heterocycles. The molecule has 22 heavy (non-hydrogen) atoms. The Kier molecular flexibility index (Phi) is 6.84. The fourth-order valence-electron chi connectivity index (χ4n) is 2.98. The Morgan fingerprint density at radius 1 is 1.09 bits per heavy atom. The Morgan fingerprint density at radius 3 is 2.59 bits per heavy atom. The van der Waals surface area contributed by atoms with Crippen LogP contribution in [0.4, 0.5) is 0 Å². The van der Waals surface area contributed by atoms with Gasteiger partial charge in [-0.05, 0) is 18.9 Å². The fraction of sp³-hybridized carbons (Fsp3) is 0.667. The first kappa shape index (κ1) is 16.9. The molecule has 0 radical (unpaired) electrons. The van der Waals surface area contributed by atoms with Crippen molar-refractivity contribution in [1.29, 1.82) is 0 Å². The highest BCUT2D eigenvalue weighted by Gasteiger charge is 2.14. The summed E-state index contributed by atoms with van der Waals surface area (Å²) >= 11 is 0. The van der Waals surface area contributed by atoms with Crippen LogP contribution in [0.2, 0.25) is 0 Å². The van der Waals surface area contributed by atoms with Gasteiger partial charge in [0.1, 0.15) is 0 Å². The molecule has 0 aromatic carbocycles. The molecule has 1 N–H and O–H groups in total. The van der Waals surface area contributed by atoms with Gasteiger partial charge in [-0.15, -0.1) is 0 Å². The van der Waals surface area contributed by atoms with E-state index in [2.05, 4.69) is 25.0 Å². The van der Waals surface area contributed by atoms with Crippen LogP contribution in [0.3, 0.4) is 0 Å². The van der Waals surface area contributed by atoms with Crippen molar-refractivity contribution in [2.75, 3.05) is 0 Å². The molecule has 0 bridgehead atoms. The summed E-state index contributed by atoms with van der Waals surface area (Å²) in [4.78, 5) is 4.80. The topological polar surface area (TPSA) is 50.4 Å². The van der Waals surface area contributed by atoms with Gasteiger partial charge in [-0.2, -0.15) is 5.10 Å². The maximum atomic E-state index is 9.40. The zero-order chi connectivity index (χ0) is 15.8. The molecule has 0 aliphatic carbocycles. The molecule has 2 heterocycles. The van der Waals surface area contributed by atoms with Crippen LogP contribution in [0.5, 0.6) is 0 Å². The van der Waals surface area contributed by atoms with Crippen LogP contribution in [0.1, 0.15) is 82.4 Å². The smallest absolute Gasteiger partial charge is 0.160 e. The highest BCUT2D eigenvalue weighted by Crippen LogP contribution is 2.27. The Morgan fingerprint density at radius 2 is 1.86 bits per heavy atom. The van der Waals surface area contributed by atoms with Crippen LogP contribution in [0.25, 0.3) is 5.65 Å². The van der Waals surface area contributed by atoms with E-state index in [1.807, 2.05) is 6.20 Å². The van der Waals surface area contributed by atoms with Crippen molar-refractivity contribution >= 4 is 5.65 Å². The third-order valence-electron chi connectivity index (χ3n) is 4.36. The molecular formula is C18H29N3O. The van der Waals surface area contributed by atoms with Crippen LogP contribution in [0.15, 0.2) is 18.5 Å². The Balaban J connectivity index is 2.14. The largest absolute Gasteiger partial charge is 0.391 e. The van der Waals surface area contributed by atoms with E-state index >= 15 is 0 Å². The van der Waals surface area contributed by atoms with Gasteiger partial charge in [0.2, 0.25) is 0 Å². The van der Waals surface area contributed by atoms with Gasteiger partial charge in [-0.1, -0.05) is 52.4 Å². The first-order valence-electron chi connectivity index (χ1n) is 8.74. The van der Waals surface area contributed by atoms with Crippen LogP contribution in [0, 0.1) is 0 Å². The van der Waals surface area contributed by atoms with E-state index < -0.39 is 0 Å². The van der Waals surface area contributed by atoms with Crippen molar-refractivity contribution < 1.29 is 5.11 Å². The van der Waals surface area contributed by atoms with Gasteiger partial charge >= 0.3 is 0 Å². The number of aromatic nitrogens is 3. The molecule has 0 aliphatic heterocycles. The van der Waals surface area contributed by atoms with Crippen LogP contribution in [-0.4, -0.2) is 19.7 Å².